The maximum atomic E-state index is 5.74. The summed E-state index contributed by atoms with van der Waals surface area (Å²) in [6, 6.07) is 8.04. The fourth-order valence-electron chi connectivity index (χ4n) is 1.50. The quantitative estimate of drug-likeness (QED) is 0.885. The van der Waals surface area contributed by atoms with Crippen molar-refractivity contribution < 1.29 is 0 Å². The molecule has 4 heteroatoms. The Kier molecular flexibility index (Phi) is 3.33. The molecule has 0 fully saturated rings. The first kappa shape index (κ1) is 11.9. The molecular weight excluding hydrogens is 278 g/mol. The van der Waals surface area contributed by atoms with Crippen LogP contribution in [0.3, 0.4) is 0 Å². The van der Waals surface area contributed by atoms with Crippen LogP contribution in [0.2, 0.25) is 0 Å². The van der Waals surface area contributed by atoms with Crippen molar-refractivity contribution in [1.82, 2.24) is 4.98 Å². The van der Waals surface area contributed by atoms with Gasteiger partial charge in [0.25, 0.3) is 0 Å². The third kappa shape index (κ3) is 2.77. The number of nitrogens with zero attached hydrogens (tertiary/aromatic N) is 1. The highest BCUT2D eigenvalue weighted by Gasteiger charge is 2.02. The maximum Gasteiger partial charge on any atom is 0.130 e. The van der Waals surface area contributed by atoms with Crippen molar-refractivity contribution in [3.63, 3.8) is 0 Å². The van der Waals surface area contributed by atoms with Gasteiger partial charge < -0.3 is 11.1 Å². The highest BCUT2D eigenvalue weighted by molar-refractivity contribution is 9.10. The van der Waals surface area contributed by atoms with Gasteiger partial charge in [-0.3, -0.25) is 0 Å². The first-order valence-electron chi connectivity index (χ1n) is 5.31. The average Bonchev–Trinajstić information content (AvgIpc) is 2.29. The Morgan fingerprint density at radius 3 is 2.65 bits per heavy atom. The first-order valence-corrected chi connectivity index (χ1v) is 6.11. The van der Waals surface area contributed by atoms with E-state index in [9.17, 15) is 0 Å². The summed E-state index contributed by atoms with van der Waals surface area (Å²) in [5.41, 5.74) is 9.68. The van der Waals surface area contributed by atoms with Crippen molar-refractivity contribution in [2.45, 2.75) is 13.8 Å². The largest absolute Gasteiger partial charge is 0.397 e. The molecule has 88 valence electrons. The Bertz CT molecular complexity index is 552. The monoisotopic (exact) mass is 291 g/mol. The van der Waals surface area contributed by atoms with Gasteiger partial charge in [0.15, 0.2) is 0 Å². The fraction of sp³-hybridized carbons (Fsp3) is 0.154. The highest BCUT2D eigenvalue weighted by atomic mass is 79.9. The van der Waals surface area contributed by atoms with Crippen molar-refractivity contribution in [2.24, 2.45) is 0 Å². The Hall–Kier alpha value is -1.55. The molecule has 1 aromatic heterocycles. The molecule has 1 heterocycles. The molecule has 17 heavy (non-hydrogen) atoms. The summed E-state index contributed by atoms with van der Waals surface area (Å²) in [5, 5.41) is 3.28. The molecule has 3 N–H and O–H groups in total. The van der Waals surface area contributed by atoms with Gasteiger partial charge >= 0.3 is 0 Å². The lowest BCUT2D eigenvalue weighted by molar-refractivity contribution is 1.27. The molecule has 0 radical (unpaired) electrons. The van der Waals surface area contributed by atoms with E-state index in [0.29, 0.717) is 5.69 Å². The molecule has 1 aromatic carbocycles. The van der Waals surface area contributed by atoms with Crippen LogP contribution in [0, 0.1) is 13.8 Å². The van der Waals surface area contributed by atoms with Crippen molar-refractivity contribution in [3.8, 4) is 0 Å². The summed E-state index contributed by atoms with van der Waals surface area (Å²) in [6.45, 7) is 4.02. The minimum absolute atomic E-state index is 0.710. The van der Waals surface area contributed by atoms with E-state index in [1.807, 2.05) is 25.1 Å². The predicted molar refractivity (Wildman–Crippen MR) is 75.5 cm³/mol. The number of anilines is 3. The Balaban J connectivity index is 2.31. The number of nitrogen functional groups attached to an aromatic ring is 1. The zero-order valence-corrected chi connectivity index (χ0v) is 11.4. The average molecular weight is 292 g/mol. The summed E-state index contributed by atoms with van der Waals surface area (Å²) in [7, 11) is 0. The normalized spacial score (nSPS) is 10.3. The van der Waals surface area contributed by atoms with Crippen LogP contribution in [0.4, 0.5) is 17.2 Å². The lowest BCUT2D eigenvalue weighted by Gasteiger charge is -2.10. The van der Waals surface area contributed by atoms with Crippen LogP contribution >= 0.6 is 15.9 Å². The number of nitrogens with two attached hydrogens (primary N) is 1. The molecule has 0 amide bonds. The Morgan fingerprint density at radius 1 is 1.18 bits per heavy atom. The van der Waals surface area contributed by atoms with Crippen LogP contribution in [0.5, 0.6) is 0 Å². The minimum Gasteiger partial charge on any atom is -0.397 e. The van der Waals surface area contributed by atoms with Crippen LogP contribution in [-0.2, 0) is 0 Å². The second-order valence-electron chi connectivity index (χ2n) is 4.01. The van der Waals surface area contributed by atoms with E-state index in [4.69, 9.17) is 5.73 Å². The number of rotatable bonds is 2. The Labute approximate surface area is 109 Å². The zero-order chi connectivity index (χ0) is 12.4. The summed E-state index contributed by atoms with van der Waals surface area (Å²) < 4.78 is 1.04. The van der Waals surface area contributed by atoms with Gasteiger partial charge in [-0.25, -0.2) is 4.98 Å². The van der Waals surface area contributed by atoms with E-state index in [2.05, 4.69) is 39.2 Å². The van der Waals surface area contributed by atoms with Gasteiger partial charge in [-0.15, -0.1) is 0 Å². The Morgan fingerprint density at radius 2 is 1.94 bits per heavy atom. The van der Waals surface area contributed by atoms with Crippen molar-refractivity contribution in [1.29, 1.82) is 0 Å². The molecule has 0 aliphatic rings. The summed E-state index contributed by atoms with van der Waals surface area (Å²) in [4.78, 5) is 4.25. The molecule has 0 saturated carbocycles. The van der Waals surface area contributed by atoms with Gasteiger partial charge in [0.2, 0.25) is 0 Å². The van der Waals surface area contributed by atoms with E-state index >= 15 is 0 Å². The highest BCUT2D eigenvalue weighted by Crippen LogP contribution is 2.24. The molecule has 0 unspecified atom stereocenters. The number of aryl methyl sites for hydroxylation is 2. The van der Waals surface area contributed by atoms with Crippen molar-refractivity contribution >= 4 is 33.1 Å². The van der Waals surface area contributed by atoms with E-state index in [1.165, 1.54) is 5.56 Å². The standard InChI is InChI=1S/C13H14BrN3/c1-8-3-4-10(14)6-12(8)17-13-5-9(2)11(15)7-16-13/h3-7H,15H2,1-2H3,(H,16,17). The molecular formula is C13H14BrN3. The first-order chi connectivity index (χ1) is 8.06. The number of benzene rings is 1. The lowest BCUT2D eigenvalue weighted by Crippen LogP contribution is -1.98. The smallest absolute Gasteiger partial charge is 0.130 e. The van der Waals surface area contributed by atoms with Crippen LogP contribution in [0.15, 0.2) is 34.9 Å². The van der Waals surface area contributed by atoms with Gasteiger partial charge in [0.1, 0.15) is 5.82 Å². The van der Waals surface area contributed by atoms with Crippen LogP contribution in [-0.4, -0.2) is 4.98 Å². The molecule has 0 aliphatic heterocycles. The van der Waals surface area contributed by atoms with Crippen LogP contribution in [0.1, 0.15) is 11.1 Å². The van der Waals surface area contributed by atoms with Gasteiger partial charge in [0.05, 0.1) is 11.9 Å². The van der Waals surface area contributed by atoms with E-state index in [0.717, 1.165) is 21.5 Å². The third-order valence-corrected chi connectivity index (χ3v) is 3.11. The molecule has 2 rings (SSSR count). The third-order valence-electron chi connectivity index (χ3n) is 2.61. The van der Waals surface area contributed by atoms with Gasteiger partial charge in [-0.1, -0.05) is 22.0 Å². The molecule has 0 aliphatic carbocycles. The number of halogens is 1. The van der Waals surface area contributed by atoms with E-state index < -0.39 is 0 Å². The molecule has 0 atom stereocenters. The van der Waals surface area contributed by atoms with Crippen LogP contribution in [0.25, 0.3) is 0 Å². The summed E-state index contributed by atoms with van der Waals surface area (Å²) in [5.74, 6) is 0.804. The molecule has 0 bridgehead atoms. The zero-order valence-electron chi connectivity index (χ0n) is 9.79. The van der Waals surface area contributed by atoms with Crippen molar-refractivity contribution in [2.75, 3.05) is 11.1 Å². The van der Waals surface area contributed by atoms with Crippen molar-refractivity contribution in [3.05, 3.63) is 46.1 Å². The van der Waals surface area contributed by atoms with Gasteiger partial charge in [-0.05, 0) is 43.2 Å². The molecule has 2 aromatic rings. The number of hydrogen-bond donors (Lipinski definition) is 2. The topological polar surface area (TPSA) is 50.9 Å². The lowest BCUT2D eigenvalue weighted by atomic mass is 10.2. The number of hydrogen-bond acceptors (Lipinski definition) is 3. The second-order valence-corrected chi connectivity index (χ2v) is 4.93. The number of aromatic nitrogens is 1. The maximum absolute atomic E-state index is 5.74. The van der Waals surface area contributed by atoms with Gasteiger partial charge in [0, 0.05) is 10.2 Å². The van der Waals surface area contributed by atoms with Gasteiger partial charge in [-0.2, -0.15) is 0 Å². The number of pyridine rings is 1. The minimum atomic E-state index is 0.710. The second kappa shape index (κ2) is 4.75. The van der Waals surface area contributed by atoms with E-state index in [1.54, 1.807) is 6.20 Å². The summed E-state index contributed by atoms with van der Waals surface area (Å²) in [6.07, 6.45) is 1.67. The molecule has 0 spiro atoms. The van der Waals surface area contributed by atoms with Crippen LogP contribution < -0.4 is 11.1 Å². The molecule has 0 saturated heterocycles. The number of nitrogens with one attached hydrogen (secondary N) is 1. The fourth-order valence-corrected chi connectivity index (χ4v) is 1.86. The SMILES string of the molecule is Cc1cc(Nc2cc(Br)ccc2C)ncc1N. The summed E-state index contributed by atoms with van der Waals surface area (Å²) >= 11 is 3.46. The predicted octanol–water partition coefficient (Wildman–Crippen LogP) is 3.79. The molecule has 3 nitrogen and oxygen atoms in total. The van der Waals surface area contributed by atoms with E-state index in [-0.39, 0.29) is 0 Å².